The Hall–Kier alpha value is -5.97. The molecule has 6 unspecified atom stereocenters. The van der Waals surface area contributed by atoms with E-state index < -0.39 is 52.9 Å². The number of thioether (sulfide) groups is 3. The summed E-state index contributed by atoms with van der Waals surface area (Å²) in [6, 6.07) is 5.28. The maximum absolute atomic E-state index is 15.4. The highest BCUT2D eigenvalue weighted by Gasteiger charge is 2.62. The standard InChI is InChI=1S/C58H68N8O13S3/c1-26-16-29-17-34-35(21-59)66-36-22-75-55(70)58(31-20-37(73-4)38(18-28(31)14-15-60-58)78-40(67)12-8-6-10-30-19-32-54(82-30)64-57(72)61-32)24-81-53(44-43(36)51-50(76-25-77-51)27(2)48(44)69)47(66)46(65(34)3)42(29)52(49(26)74-5)79-41(68)13-9-7-11-39-45-33(23-80-39)62-56(71)63-45/h16,18,20,30,32-36,39,45-47,53-54,60,69H,6-15,17,19,22-25H2,1-5H3,(H2,61,64,72)(H2,62,63,71)/t30-,32?,33?,34-,35-,36-,39?,45?,46+,47?,53+,54?,58+/m0/s1. The number of esters is 3. The molecule has 11 heterocycles. The molecule has 4 bridgehead atoms. The Labute approximate surface area is 488 Å². The lowest BCUT2D eigenvalue weighted by Crippen LogP contribution is -2.69. The zero-order chi connectivity index (χ0) is 56.9. The number of likely N-dealkylation sites (N-methyl/N-ethyl adjacent to an activating group) is 1. The van der Waals surface area contributed by atoms with Crippen LogP contribution in [0.25, 0.3) is 0 Å². The number of nitrogens with one attached hydrogen (secondary N) is 5. The first kappa shape index (κ1) is 55.2. The Balaban J connectivity index is 0.824. The second-order valence-electron chi connectivity index (χ2n) is 23.2. The molecule has 1 spiro atoms. The lowest BCUT2D eigenvalue weighted by Gasteiger charge is -2.62. The van der Waals surface area contributed by atoms with Crippen molar-refractivity contribution in [1.29, 1.82) is 5.26 Å². The van der Waals surface area contributed by atoms with Gasteiger partial charge in [-0.05, 0) is 100 Å². The van der Waals surface area contributed by atoms with E-state index in [1.54, 1.807) is 37.9 Å². The van der Waals surface area contributed by atoms with Crippen LogP contribution in [0.15, 0.2) is 18.2 Å². The molecule has 436 valence electrons. The third kappa shape index (κ3) is 9.21. The van der Waals surface area contributed by atoms with Crippen molar-refractivity contribution in [2.45, 2.75) is 159 Å². The van der Waals surface area contributed by atoms with Gasteiger partial charge in [-0.2, -0.15) is 17.0 Å². The number of carbonyl (C=O) groups excluding carboxylic acids is 5. The summed E-state index contributed by atoms with van der Waals surface area (Å²) in [4.78, 5) is 71.3. The van der Waals surface area contributed by atoms with Gasteiger partial charge in [0.1, 0.15) is 18.4 Å². The number of carbonyl (C=O) groups is 5. The number of nitrogens with zero attached hydrogens (tertiary/aromatic N) is 3. The van der Waals surface area contributed by atoms with E-state index >= 15 is 4.79 Å². The molecule has 0 aliphatic carbocycles. The first-order valence-electron chi connectivity index (χ1n) is 28.5. The van der Waals surface area contributed by atoms with Gasteiger partial charge in [0.2, 0.25) is 6.79 Å². The Kier molecular flexibility index (Phi) is 14.8. The predicted molar refractivity (Wildman–Crippen MR) is 304 cm³/mol. The van der Waals surface area contributed by atoms with Gasteiger partial charge in [-0.15, -0.1) is 23.5 Å². The molecule has 0 radical (unpaired) electrons. The third-order valence-electron chi connectivity index (χ3n) is 18.6. The minimum atomic E-state index is -1.46. The van der Waals surface area contributed by atoms with Crippen molar-refractivity contribution in [2.75, 3.05) is 52.7 Å². The van der Waals surface area contributed by atoms with Gasteiger partial charge < -0.3 is 59.5 Å². The van der Waals surface area contributed by atoms with Crippen molar-refractivity contribution in [1.82, 2.24) is 36.4 Å². The Morgan fingerprint density at radius 1 is 0.854 bits per heavy atom. The summed E-state index contributed by atoms with van der Waals surface area (Å²) in [6.07, 6.45) is 6.78. The number of phenols is 1. The predicted octanol–water partition coefficient (Wildman–Crippen LogP) is 5.97. The number of rotatable bonds is 14. The number of urea groups is 2. The largest absolute Gasteiger partial charge is 0.507 e. The smallest absolute Gasteiger partial charge is 0.331 e. The van der Waals surface area contributed by atoms with Crippen LogP contribution in [0.4, 0.5) is 9.59 Å². The number of piperazine rings is 1. The fraction of sp³-hybridized carbons (Fsp3) is 0.586. The highest BCUT2D eigenvalue weighted by atomic mass is 32.2. The van der Waals surface area contributed by atoms with E-state index in [0.717, 1.165) is 60.1 Å². The van der Waals surface area contributed by atoms with Crippen molar-refractivity contribution >= 4 is 65.3 Å². The van der Waals surface area contributed by atoms with Crippen LogP contribution in [0, 0.1) is 25.2 Å². The number of aryl methyl sites for hydroxylation is 1. The molecule has 13 atom stereocenters. The molecule has 3 aromatic carbocycles. The number of methoxy groups -OCH3 is 2. The van der Waals surface area contributed by atoms with Crippen LogP contribution >= 0.6 is 35.3 Å². The van der Waals surface area contributed by atoms with Gasteiger partial charge in [-0.3, -0.25) is 24.7 Å². The first-order valence-corrected chi connectivity index (χ1v) is 31.6. The summed E-state index contributed by atoms with van der Waals surface area (Å²) >= 11 is 5.07. The zero-order valence-electron chi connectivity index (χ0n) is 46.4. The highest BCUT2D eigenvalue weighted by Crippen LogP contribution is 2.65. The number of unbranched alkanes of at least 4 members (excludes halogenated alkanes) is 2. The van der Waals surface area contributed by atoms with Gasteiger partial charge in [-0.1, -0.05) is 18.9 Å². The highest BCUT2D eigenvalue weighted by molar-refractivity contribution is 8.01. The molecule has 0 aromatic heterocycles. The van der Waals surface area contributed by atoms with Gasteiger partial charge in [0, 0.05) is 75.7 Å². The molecule has 4 amide bonds. The van der Waals surface area contributed by atoms with Gasteiger partial charge in [0.05, 0.1) is 61.1 Å². The summed E-state index contributed by atoms with van der Waals surface area (Å²) in [6.45, 7) is 3.79. The number of amides is 4. The second kappa shape index (κ2) is 21.9. The zero-order valence-corrected chi connectivity index (χ0v) is 48.8. The van der Waals surface area contributed by atoms with E-state index in [9.17, 15) is 29.5 Å². The monoisotopic (exact) mass is 1180 g/mol. The van der Waals surface area contributed by atoms with E-state index in [1.165, 1.54) is 18.9 Å². The minimum Gasteiger partial charge on any atom is -0.507 e. The molecular formula is C58H68N8O13S3. The number of ether oxygens (including phenoxy) is 7. The fourth-order valence-electron chi connectivity index (χ4n) is 14.9. The SMILES string of the molecule is COc1cc2c(cc1OC(=O)CCCC[C@H]1CC3NC(=O)NC3S1)CCN[C@]21CS[C@@H]2c3c(O)c(C)c4c(c3[C@H](COC1=O)N1C2[C@H]2c3c(cc(C)c(OC)c3OC(=O)CCCCC3SCC5NC(=O)NC53)C[C@@H]([C@@H]1C#N)N2C)OCO4. The molecule has 3 aromatic rings. The first-order chi connectivity index (χ1) is 39.7. The minimum absolute atomic E-state index is 0.0139. The van der Waals surface area contributed by atoms with Crippen LogP contribution in [-0.4, -0.2) is 150 Å². The summed E-state index contributed by atoms with van der Waals surface area (Å²) in [7, 11) is 5.07. The normalized spacial score (nSPS) is 31.6. The van der Waals surface area contributed by atoms with Gasteiger partial charge in [0.15, 0.2) is 40.0 Å². The van der Waals surface area contributed by atoms with Crippen molar-refractivity contribution in [3.8, 4) is 46.3 Å². The van der Waals surface area contributed by atoms with Crippen molar-refractivity contribution < 1.29 is 62.2 Å². The number of phenolic OH excluding ortho intramolecular Hbond substituents is 1. The van der Waals surface area contributed by atoms with E-state index in [1.807, 2.05) is 25.7 Å². The molecule has 6 saturated heterocycles. The van der Waals surface area contributed by atoms with E-state index in [4.69, 9.17) is 33.2 Å². The number of aromatic hydroxyl groups is 1. The molecule has 21 nitrogen and oxygen atoms in total. The lowest BCUT2D eigenvalue weighted by atomic mass is 9.71. The second-order valence-corrected chi connectivity index (χ2v) is 27.0. The number of hydrogen-bond acceptors (Lipinski definition) is 20. The van der Waals surface area contributed by atoms with E-state index in [0.29, 0.717) is 82.7 Å². The average molecular weight is 1180 g/mol. The number of benzene rings is 3. The maximum atomic E-state index is 15.4. The van der Waals surface area contributed by atoms with Crippen molar-refractivity contribution in [3.63, 3.8) is 0 Å². The van der Waals surface area contributed by atoms with Crippen LogP contribution < -0.4 is 55.0 Å². The van der Waals surface area contributed by atoms with Crippen molar-refractivity contribution in [3.05, 3.63) is 62.7 Å². The third-order valence-corrected chi connectivity index (χ3v) is 23.2. The summed E-state index contributed by atoms with van der Waals surface area (Å²) in [5, 5.41) is 39.9. The van der Waals surface area contributed by atoms with Gasteiger partial charge in [0.25, 0.3) is 0 Å². The van der Waals surface area contributed by atoms with E-state index in [2.05, 4.69) is 48.5 Å². The van der Waals surface area contributed by atoms with E-state index in [-0.39, 0.29) is 96.1 Å². The quantitative estimate of drug-likeness (QED) is 0.0470. The number of hydrogen-bond donors (Lipinski definition) is 6. The molecular weight excluding hydrogens is 1110 g/mol. The average Bonchev–Trinajstić information content (AvgIpc) is 2.84. The topological polar surface area (TPSA) is 261 Å². The van der Waals surface area contributed by atoms with Gasteiger partial charge >= 0.3 is 30.0 Å². The molecule has 6 fully saturated rings. The van der Waals surface area contributed by atoms with Crippen LogP contribution in [-0.2, 0) is 37.5 Å². The fourth-order valence-corrected chi connectivity index (χ4v) is 19.7. The molecule has 82 heavy (non-hydrogen) atoms. The molecule has 24 heteroatoms. The molecule has 11 aliphatic rings. The summed E-state index contributed by atoms with van der Waals surface area (Å²) in [5.41, 5.74) is 4.06. The van der Waals surface area contributed by atoms with Gasteiger partial charge in [-0.25, -0.2) is 14.4 Å². The maximum Gasteiger partial charge on any atom is 0.331 e. The number of fused-ring (bicyclic) bond motifs is 11. The Bertz CT molecular complexity index is 3180. The Morgan fingerprint density at radius 3 is 2.40 bits per heavy atom. The molecule has 6 N–H and O–H groups in total. The molecule has 0 saturated carbocycles. The Morgan fingerprint density at radius 2 is 1.62 bits per heavy atom. The summed E-state index contributed by atoms with van der Waals surface area (Å²) < 4.78 is 43.7. The molecule has 14 rings (SSSR count). The van der Waals surface area contributed by atoms with Crippen LogP contribution in [0.5, 0.6) is 40.2 Å². The summed E-state index contributed by atoms with van der Waals surface area (Å²) in [5.74, 6) is 1.72. The number of nitriles is 1. The van der Waals surface area contributed by atoms with Crippen LogP contribution in [0.2, 0.25) is 0 Å². The van der Waals surface area contributed by atoms with Crippen LogP contribution in [0.1, 0.15) is 120 Å². The lowest BCUT2D eigenvalue weighted by molar-refractivity contribution is -0.157. The van der Waals surface area contributed by atoms with Crippen LogP contribution in [0.3, 0.4) is 0 Å². The van der Waals surface area contributed by atoms with Crippen molar-refractivity contribution in [2.24, 2.45) is 0 Å². The molecule has 11 aliphatic heterocycles.